The minimum atomic E-state index is -0.214. The van der Waals surface area contributed by atoms with Gasteiger partial charge in [-0.15, -0.1) is 0 Å². The third kappa shape index (κ3) is 6.18. The normalized spacial score (nSPS) is 14.8. The molecule has 0 spiro atoms. The zero-order valence-corrected chi connectivity index (χ0v) is 14.4. The summed E-state index contributed by atoms with van der Waals surface area (Å²) in [5.74, 6) is 0.670. The quantitative estimate of drug-likeness (QED) is 0.592. The van der Waals surface area contributed by atoms with Gasteiger partial charge in [0.1, 0.15) is 5.82 Å². The molecule has 0 aromatic heterocycles. The molecule has 1 aliphatic heterocycles. The number of likely N-dealkylation sites (tertiary alicyclic amines) is 1. The van der Waals surface area contributed by atoms with Crippen LogP contribution in [0.3, 0.4) is 0 Å². The molecule has 1 heterocycles. The Labute approximate surface area is 143 Å². The van der Waals surface area contributed by atoms with Crippen molar-refractivity contribution >= 4 is 11.9 Å². The number of carbonyl (C=O) groups is 1. The molecule has 0 radical (unpaired) electrons. The van der Waals surface area contributed by atoms with Crippen LogP contribution >= 0.6 is 0 Å². The van der Waals surface area contributed by atoms with Crippen LogP contribution in [0.5, 0.6) is 0 Å². The molecule has 0 aliphatic carbocycles. The van der Waals surface area contributed by atoms with E-state index in [-0.39, 0.29) is 11.7 Å². The Hall–Kier alpha value is -2.11. The van der Waals surface area contributed by atoms with Crippen molar-refractivity contribution in [3.05, 3.63) is 35.6 Å². The van der Waals surface area contributed by atoms with Crippen LogP contribution in [0.4, 0.5) is 4.39 Å². The number of benzene rings is 1. The molecule has 1 saturated heterocycles. The van der Waals surface area contributed by atoms with Crippen LogP contribution < -0.4 is 10.6 Å². The molecule has 1 aromatic rings. The van der Waals surface area contributed by atoms with Gasteiger partial charge in [-0.25, -0.2) is 4.39 Å². The maximum absolute atomic E-state index is 13.2. The van der Waals surface area contributed by atoms with Gasteiger partial charge in [-0.2, -0.15) is 0 Å². The summed E-state index contributed by atoms with van der Waals surface area (Å²) in [5, 5.41) is 6.39. The van der Waals surface area contributed by atoms with Gasteiger partial charge in [0.15, 0.2) is 5.96 Å². The Morgan fingerprint density at radius 3 is 2.79 bits per heavy atom. The molecule has 1 fully saturated rings. The van der Waals surface area contributed by atoms with E-state index in [0.717, 1.165) is 44.5 Å². The van der Waals surface area contributed by atoms with Gasteiger partial charge >= 0.3 is 0 Å². The van der Waals surface area contributed by atoms with Crippen molar-refractivity contribution in [1.29, 1.82) is 0 Å². The van der Waals surface area contributed by atoms with E-state index in [2.05, 4.69) is 15.6 Å². The van der Waals surface area contributed by atoms with Gasteiger partial charge in [-0.3, -0.25) is 9.79 Å². The average molecular weight is 334 g/mol. The van der Waals surface area contributed by atoms with E-state index in [1.165, 1.54) is 6.07 Å². The Kier molecular flexibility index (Phi) is 7.52. The molecule has 1 aromatic carbocycles. The maximum Gasteiger partial charge on any atom is 0.224 e. The Bertz CT molecular complexity index is 556. The second-order valence-electron chi connectivity index (χ2n) is 5.91. The number of hydrogen-bond acceptors (Lipinski definition) is 2. The lowest BCUT2D eigenvalue weighted by molar-refractivity contribution is -0.129. The fourth-order valence-electron chi connectivity index (χ4n) is 2.75. The molecule has 24 heavy (non-hydrogen) atoms. The molecule has 2 N–H and O–H groups in total. The fourth-order valence-corrected chi connectivity index (χ4v) is 2.75. The van der Waals surface area contributed by atoms with Crippen LogP contribution in [0.2, 0.25) is 0 Å². The van der Waals surface area contributed by atoms with E-state index < -0.39 is 0 Å². The van der Waals surface area contributed by atoms with Crippen molar-refractivity contribution < 1.29 is 9.18 Å². The predicted molar refractivity (Wildman–Crippen MR) is 94.5 cm³/mol. The second-order valence-corrected chi connectivity index (χ2v) is 5.91. The Morgan fingerprint density at radius 1 is 1.29 bits per heavy atom. The molecule has 1 amide bonds. The summed E-state index contributed by atoms with van der Waals surface area (Å²) in [4.78, 5) is 18.4. The third-order valence-corrected chi connectivity index (χ3v) is 3.99. The minimum absolute atomic E-state index is 0.187. The molecule has 1 aliphatic rings. The standard InChI is InChI=1S/C18H27FN4O/c1-2-20-18(21-10-8-15-6-5-7-16(19)14-15)22-11-9-17(24)23-12-3-4-13-23/h5-7,14H,2-4,8-13H2,1H3,(H2,20,21,22). The zero-order chi connectivity index (χ0) is 17.2. The van der Waals surface area contributed by atoms with Crippen LogP contribution in [-0.4, -0.2) is 49.5 Å². The molecule has 0 saturated carbocycles. The van der Waals surface area contributed by atoms with Crippen LogP contribution in [0, 0.1) is 5.82 Å². The van der Waals surface area contributed by atoms with Crippen LogP contribution in [0.15, 0.2) is 29.3 Å². The average Bonchev–Trinajstić information content (AvgIpc) is 3.09. The topological polar surface area (TPSA) is 56.7 Å². The van der Waals surface area contributed by atoms with Gasteiger partial charge in [-0.05, 0) is 43.9 Å². The third-order valence-electron chi connectivity index (χ3n) is 3.99. The summed E-state index contributed by atoms with van der Waals surface area (Å²) in [5.41, 5.74) is 0.947. The monoisotopic (exact) mass is 334 g/mol. The molecule has 0 atom stereocenters. The number of carbonyl (C=O) groups excluding carboxylic acids is 1. The lowest BCUT2D eigenvalue weighted by atomic mass is 10.1. The first-order valence-corrected chi connectivity index (χ1v) is 8.73. The number of hydrogen-bond donors (Lipinski definition) is 2. The van der Waals surface area contributed by atoms with Crippen LogP contribution in [0.1, 0.15) is 31.7 Å². The van der Waals surface area contributed by atoms with Crippen molar-refractivity contribution in [3.63, 3.8) is 0 Å². The largest absolute Gasteiger partial charge is 0.357 e. The van der Waals surface area contributed by atoms with Crippen molar-refractivity contribution in [3.8, 4) is 0 Å². The molecular formula is C18H27FN4O. The van der Waals surface area contributed by atoms with Crippen molar-refractivity contribution in [1.82, 2.24) is 15.5 Å². The number of nitrogens with one attached hydrogen (secondary N) is 2. The smallest absolute Gasteiger partial charge is 0.224 e. The number of rotatable bonds is 7. The number of halogens is 1. The first-order chi connectivity index (χ1) is 11.7. The summed E-state index contributed by atoms with van der Waals surface area (Å²) in [6, 6.07) is 6.61. The van der Waals surface area contributed by atoms with Crippen molar-refractivity contribution in [2.24, 2.45) is 4.99 Å². The van der Waals surface area contributed by atoms with Gasteiger partial charge in [0, 0.05) is 32.6 Å². The van der Waals surface area contributed by atoms with Gasteiger partial charge in [0.2, 0.25) is 5.91 Å². The SMILES string of the molecule is CCNC(=NCCC(=O)N1CCCC1)NCCc1cccc(F)c1. The molecule has 5 nitrogen and oxygen atoms in total. The van der Waals surface area contributed by atoms with E-state index in [0.29, 0.717) is 25.5 Å². The van der Waals surface area contributed by atoms with E-state index >= 15 is 0 Å². The van der Waals surface area contributed by atoms with Crippen LogP contribution in [-0.2, 0) is 11.2 Å². The zero-order valence-electron chi connectivity index (χ0n) is 14.4. The molecule has 0 bridgehead atoms. The molecule has 6 heteroatoms. The highest BCUT2D eigenvalue weighted by Gasteiger charge is 2.16. The fraction of sp³-hybridized carbons (Fsp3) is 0.556. The molecule has 0 unspecified atom stereocenters. The summed E-state index contributed by atoms with van der Waals surface area (Å²) < 4.78 is 13.2. The highest BCUT2D eigenvalue weighted by atomic mass is 19.1. The van der Waals surface area contributed by atoms with Crippen molar-refractivity contribution in [2.45, 2.75) is 32.6 Å². The lowest BCUT2D eigenvalue weighted by Crippen LogP contribution is -2.38. The predicted octanol–water partition coefficient (Wildman–Crippen LogP) is 1.94. The number of guanidine groups is 1. The van der Waals surface area contributed by atoms with E-state index in [4.69, 9.17) is 0 Å². The maximum atomic E-state index is 13.2. The summed E-state index contributed by atoms with van der Waals surface area (Å²) in [6.07, 6.45) is 3.38. The first kappa shape index (κ1) is 18.2. The Balaban J connectivity index is 1.74. The molecule has 132 valence electrons. The highest BCUT2D eigenvalue weighted by molar-refractivity contribution is 5.80. The highest BCUT2D eigenvalue weighted by Crippen LogP contribution is 2.08. The summed E-state index contributed by atoms with van der Waals surface area (Å²) >= 11 is 0. The van der Waals surface area contributed by atoms with Crippen molar-refractivity contribution in [2.75, 3.05) is 32.7 Å². The minimum Gasteiger partial charge on any atom is -0.357 e. The first-order valence-electron chi connectivity index (χ1n) is 8.73. The lowest BCUT2D eigenvalue weighted by Gasteiger charge is -2.15. The van der Waals surface area contributed by atoms with E-state index in [1.54, 1.807) is 12.1 Å². The molecular weight excluding hydrogens is 307 g/mol. The van der Waals surface area contributed by atoms with Gasteiger partial charge < -0.3 is 15.5 Å². The van der Waals surface area contributed by atoms with E-state index in [9.17, 15) is 9.18 Å². The van der Waals surface area contributed by atoms with E-state index in [1.807, 2.05) is 17.9 Å². The summed E-state index contributed by atoms with van der Waals surface area (Å²) in [6.45, 7) is 5.66. The summed E-state index contributed by atoms with van der Waals surface area (Å²) in [7, 11) is 0. The second kappa shape index (κ2) is 9.90. The number of nitrogens with zero attached hydrogens (tertiary/aromatic N) is 2. The van der Waals surface area contributed by atoms with Gasteiger partial charge in [0.05, 0.1) is 6.54 Å². The van der Waals surface area contributed by atoms with Crippen LogP contribution in [0.25, 0.3) is 0 Å². The van der Waals surface area contributed by atoms with Gasteiger partial charge in [0.25, 0.3) is 0 Å². The Morgan fingerprint density at radius 2 is 2.08 bits per heavy atom. The molecule has 2 rings (SSSR count). The van der Waals surface area contributed by atoms with Gasteiger partial charge in [-0.1, -0.05) is 12.1 Å². The number of aliphatic imine (C=N–C) groups is 1. The number of amides is 1.